The molecule has 5 heteroatoms. The molecule has 1 heterocycles. The molecule has 0 aliphatic carbocycles. The third-order valence-electron chi connectivity index (χ3n) is 1.66. The molecule has 0 atom stereocenters. The van der Waals surface area contributed by atoms with Crippen molar-refractivity contribution in [3.05, 3.63) is 28.7 Å². The summed E-state index contributed by atoms with van der Waals surface area (Å²) >= 11 is 3.02. The molecule has 2 aromatic rings. The SMILES string of the molecule is Oc1ncnc2cc(Br)c(F)cc12. The Balaban J connectivity index is 2.89. The summed E-state index contributed by atoms with van der Waals surface area (Å²) in [4.78, 5) is 7.42. The fourth-order valence-electron chi connectivity index (χ4n) is 1.04. The minimum Gasteiger partial charge on any atom is -0.493 e. The van der Waals surface area contributed by atoms with Gasteiger partial charge in [0.05, 0.1) is 15.4 Å². The summed E-state index contributed by atoms with van der Waals surface area (Å²) in [7, 11) is 0. The first kappa shape index (κ1) is 8.37. The molecule has 0 unspecified atom stereocenters. The van der Waals surface area contributed by atoms with Crippen LogP contribution in [0.5, 0.6) is 5.88 Å². The highest BCUT2D eigenvalue weighted by Gasteiger charge is 2.06. The zero-order chi connectivity index (χ0) is 9.42. The molecule has 0 radical (unpaired) electrons. The fraction of sp³-hybridized carbons (Fsp3) is 0. The number of aromatic hydroxyl groups is 1. The molecule has 0 saturated carbocycles. The monoisotopic (exact) mass is 242 g/mol. The second-order valence-electron chi connectivity index (χ2n) is 2.48. The Hall–Kier alpha value is -1.23. The maximum atomic E-state index is 13.0. The average molecular weight is 243 g/mol. The molecule has 66 valence electrons. The van der Waals surface area contributed by atoms with E-state index in [-0.39, 0.29) is 5.88 Å². The van der Waals surface area contributed by atoms with Crippen molar-refractivity contribution < 1.29 is 9.50 Å². The fourth-order valence-corrected chi connectivity index (χ4v) is 1.37. The van der Waals surface area contributed by atoms with E-state index in [2.05, 4.69) is 25.9 Å². The van der Waals surface area contributed by atoms with E-state index in [1.54, 1.807) is 0 Å². The number of halogens is 2. The second kappa shape index (κ2) is 2.92. The van der Waals surface area contributed by atoms with E-state index in [1.807, 2.05) is 0 Å². The van der Waals surface area contributed by atoms with Gasteiger partial charge in [-0.15, -0.1) is 0 Å². The highest BCUT2D eigenvalue weighted by atomic mass is 79.9. The van der Waals surface area contributed by atoms with Gasteiger partial charge in [-0.2, -0.15) is 0 Å². The molecule has 0 aliphatic rings. The quantitative estimate of drug-likeness (QED) is 0.771. The van der Waals surface area contributed by atoms with Crippen LogP contribution >= 0.6 is 15.9 Å². The summed E-state index contributed by atoms with van der Waals surface area (Å²) in [5.41, 5.74) is 0.501. The lowest BCUT2D eigenvalue weighted by molar-refractivity contribution is 0.459. The number of rotatable bonds is 0. The normalized spacial score (nSPS) is 10.6. The molecule has 2 rings (SSSR count). The molecule has 1 N–H and O–H groups in total. The molecule has 0 saturated heterocycles. The molecular weight excluding hydrogens is 239 g/mol. The van der Waals surface area contributed by atoms with Gasteiger partial charge in [-0.25, -0.2) is 14.4 Å². The maximum absolute atomic E-state index is 13.0. The van der Waals surface area contributed by atoms with Gasteiger partial charge in [0, 0.05) is 0 Å². The lowest BCUT2D eigenvalue weighted by atomic mass is 10.2. The Bertz CT molecular complexity index is 475. The zero-order valence-corrected chi connectivity index (χ0v) is 7.92. The predicted molar refractivity (Wildman–Crippen MR) is 48.9 cm³/mol. The summed E-state index contributed by atoms with van der Waals surface area (Å²) in [6, 6.07) is 2.68. The van der Waals surface area contributed by atoms with E-state index in [0.717, 1.165) is 0 Å². The Morgan fingerprint density at radius 2 is 2.08 bits per heavy atom. The van der Waals surface area contributed by atoms with Gasteiger partial charge in [0.1, 0.15) is 12.1 Å². The van der Waals surface area contributed by atoms with Crippen molar-refractivity contribution in [2.24, 2.45) is 0 Å². The van der Waals surface area contributed by atoms with Gasteiger partial charge in [0.15, 0.2) is 0 Å². The predicted octanol–water partition coefficient (Wildman–Crippen LogP) is 2.24. The van der Waals surface area contributed by atoms with Crippen molar-refractivity contribution in [2.75, 3.05) is 0 Å². The molecule has 3 nitrogen and oxygen atoms in total. The average Bonchev–Trinajstić information content (AvgIpc) is 2.09. The van der Waals surface area contributed by atoms with Crippen molar-refractivity contribution >= 4 is 26.8 Å². The number of hydrogen-bond acceptors (Lipinski definition) is 3. The first-order chi connectivity index (χ1) is 6.18. The standard InChI is InChI=1S/C8H4BrFN2O/c9-5-2-7-4(1-6(5)10)8(13)12-3-11-7/h1-3H,(H,11,12,13). The summed E-state index contributed by atoms with van der Waals surface area (Å²) in [5, 5.41) is 9.56. The van der Waals surface area contributed by atoms with Crippen molar-refractivity contribution in [2.45, 2.75) is 0 Å². The van der Waals surface area contributed by atoms with E-state index >= 15 is 0 Å². The first-order valence-electron chi connectivity index (χ1n) is 3.47. The largest absolute Gasteiger partial charge is 0.493 e. The van der Waals surface area contributed by atoms with Crippen LogP contribution in [0.2, 0.25) is 0 Å². The Morgan fingerprint density at radius 3 is 2.85 bits per heavy atom. The topological polar surface area (TPSA) is 46.0 Å². The van der Waals surface area contributed by atoms with Gasteiger partial charge in [-0.1, -0.05) is 0 Å². The molecule has 0 fully saturated rings. The van der Waals surface area contributed by atoms with E-state index in [4.69, 9.17) is 0 Å². The third-order valence-corrected chi connectivity index (χ3v) is 2.26. The second-order valence-corrected chi connectivity index (χ2v) is 3.34. The van der Waals surface area contributed by atoms with Crippen molar-refractivity contribution in [3.8, 4) is 5.88 Å². The lowest BCUT2D eigenvalue weighted by Gasteiger charge is -1.99. The summed E-state index contributed by atoms with van der Waals surface area (Å²) < 4.78 is 13.3. The lowest BCUT2D eigenvalue weighted by Crippen LogP contribution is -1.85. The van der Waals surface area contributed by atoms with Crippen LogP contribution in [0.3, 0.4) is 0 Å². The maximum Gasteiger partial charge on any atom is 0.222 e. The van der Waals surface area contributed by atoms with Crippen LogP contribution in [-0.4, -0.2) is 15.1 Å². The highest BCUT2D eigenvalue weighted by Crippen LogP contribution is 2.25. The van der Waals surface area contributed by atoms with Gasteiger partial charge in [0.25, 0.3) is 0 Å². The minimum absolute atomic E-state index is 0.212. The molecule has 13 heavy (non-hydrogen) atoms. The molecule has 0 aliphatic heterocycles. The Kier molecular flexibility index (Phi) is 1.88. The molecule has 0 bridgehead atoms. The molecule has 1 aromatic heterocycles. The minimum atomic E-state index is -0.447. The number of aromatic nitrogens is 2. The van der Waals surface area contributed by atoms with E-state index in [9.17, 15) is 9.50 Å². The number of nitrogens with zero attached hydrogens (tertiary/aromatic N) is 2. The van der Waals surface area contributed by atoms with Crippen LogP contribution in [0.1, 0.15) is 0 Å². The van der Waals surface area contributed by atoms with Gasteiger partial charge in [-0.3, -0.25) is 0 Å². The molecule has 0 spiro atoms. The van der Waals surface area contributed by atoms with Crippen LogP contribution < -0.4 is 0 Å². The molecule has 1 aromatic carbocycles. The van der Waals surface area contributed by atoms with Crippen molar-refractivity contribution in [1.82, 2.24) is 9.97 Å². The van der Waals surface area contributed by atoms with E-state index < -0.39 is 5.82 Å². The number of benzene rings is 1. The summed E-state index contributed by atoms with van der Waals surface area (Å²) in [6.07, 6.45) is 1.22. The van der Waals surface area contributed by atoms with E-state index in [1.165, 1.54) is 18.5 Å². The van der Waals surface area contributed by atoms with Gasteiger partial charge in [-0.05, 0) is 28.1 Å². The smallest absolute Gasteiger partial charge is 0.222 e. The first-order valence-corrected chi connectivity index (χ1v) is 4.26. The summed E-state index contributed by atoms with van der Waals surface area (Å²) in [6.45, 7) is 0. The Labute approximate surface area is 81.4 Å². The summed E-state index contributed by atoms with van der Waals surface area (Å²) in [5.74, 6) is -0.658. The van der Waals surface area contributed by atoms with E-state index in [0.29, 0.717) is 15.4 Å². The van der Waals surface area contributed by atoms with Crippen LogP contribution in [0.25, 0.3) is 10.9 Å². The van der Waals surface area contributed by atoms with Crippen LogP contribution in [0.15, 0.2) is 22.9 Å². The van der Waals surface area contributed by atoms with Crippen LogP contribution in [-0.2, 0) is 0 Å². The number of fused-ring (bicyclic) bond motifs is 1. The third kappa shape index (κ3) is 1.35. The van der Waals surface area contributed by atoms with Gasteiger partial charge in [0.2, 0.25) is 5.88 Å². The molecular formula is C8H4BrFN2O. The van der Waals surface area contributed by atoms with Crippen LogP contribution in [0.4, 0.5) is 4.39 Å². The highest BCUT2D eigenvalue weighted by molar-refractivity contribution is 9.10. The van der Waals surface area contributed by atoms with Crippen molar-refractivity contribution in [3.63, 3.8) is 0 Å². The van der Waals surface area contributed by atoms with Crippen LogP contribution in [0, 0.1) is 5.82 Å². The molecule has 0 amide bonds. The number of hydrogen-bond donors (Lipinski definition) is 1. The Morgan fingerprint density at radius 1 is 1.31 bits per heavy atom. The van der Waals surface area contributed by atoms with Crippen molar-refractivity contribution in [1.29, 1.82) is 0 Å². The zero-order valence-electron chi connectivity index (χ0n) is 6.33. The van der Waals surface area contributed by atoms with Gasteiger partial charge < -0.3 is 5.11 Å². The van der Waals surface area contributed by atoms with Gasteiger partial charge >= 0.3 is 0 Å².